The summed E-state index contributed by atoms with van der Waals surface area (Å²) in [6, 6.07) is -1.70. The van der Waals surface area contributed by atoms with Gasteiger partial charge in [-0.15, -0.1) is 0 Å². The van der Waals surface area contributed by atoms with Gasteiger partial charge >= 0.3 is 12.0 Å². The van der Waals surface area contributed by atoms with E-state index in [0.717, 1.165) is 4.90 Å². The van der Waals surface area contributed by atoms with E-state index in [0.29, 0.717) is 6.42 Å². The number of carboxylic acid groups (broad SMARTS) is 1. The van der Waals surface area contributed by atoms with Gasteiger partial charge in [-0.25, -0.2) is 9.59 Å². The summed E-state index contributed by atoms with van der Waals surface area (Å²) in [4.78, 5) is 47.4. The predicted octanol–water partition coefficient (Wildman–Crippen LogP) is -0.0677. The van der Waals surface area contributed by atoms with Crippen molar-refractivity contribution in [2.45, 2.75) is 45.7 Å². The molecule has 0 saturated carbocycles. The molecule has 1 aliphatic heterocycles. The Morgan fingerprint density at radius 3 is 2.33 bits per heavy atom. The van der Waals surface area contributed by atoms with E-state index in [4.69, 9.17) is 5.11 Å². The average Bonchev–Trinajstić information content (AvgIpc) is 2.57. The molecule has 0 radical (unpaired) electrons. The van der Waals surface area contributed by atoms with E-state index in [-0.39, 0.29) is 5.92 Å². The third kappa shape index (κ3) is 3.71. The minimum absolute atomic E-state index is 0.258. The summed E-state index contributed by atoms with van der Waals surface area (Å²) in [7, 11) is 0. The minimum atomic E-state index is -1.14. The number of aliphatic carboxylic acids is 1. The van der Waals surface area contributed by atoms with Gasteiger partial charge in [0.05, 0.1) is 0 Å². The lowest BCUT2D eigenvalue weighted by Crippen LogP contribution is -2.50. The highest BCUT2D eigenvalue weighted by Crippen LogP contribution is 2.16. The second-order valence-electron chi connectivity index (χ2n) is 5.72. The SMILES string of the molecule is CCC(C)[C@H](NC(=O)CN1C(=O)NC(C)(C)C1=O)C(=O)O. The standard InChI is InChI=1S/C13H21N3O5/c1-5-7(2)9(10(18)19)14-8(17)6-16-11(20)13(3,4)15-12(16)21/h7,9H,5-6H2,1-4H3,(H,14,17)(H,15,21)(H,18,19)/t7?,9-/m0/s1. The van der Waals surface area contributed by atoms with E-state index in [9.17, 15) is 19.2 Å². The van der Waals surface area contributed by atoms with Gasteiger partial charge in [0.15, 0.2) is 0 Å². The zero-order valence-corrected chi connectivity index (χ0v) is 12.6. The van der Waals surface area contributed by atoms with Gasteiger partial charge in [-0.1, -0.05) is 20.3 Å². The van der Waals surface area contributed by atoms with Gasteiger partial charge in [0.25, 0.3) is 5.91 Å². The van der Waals surface area contributed by atoms with Crippen LogP contribution in [0, 0.1) is 5.92 Å². The van der Waals surface area contributed by atoms with Crippen LogP contribution in [0.25, 0.3) is 0 Å². The number of hydrogen-bond acceptors (Lipinski definition) is 4. The third-order valence-electron chi connectivity index (χ3n) is 3.54. The molecule has 1 aliphatic rings. The molecule has 1 fully saturated rings. The molecule has 3 N–H and O–H groups in total. The Morgan fingerprint density at radius 1 is 1.38 bits per heavy atom. The number of nitrogens with zero attached hydrogens (tertiary/aromatic N) is 1. The lowest BCUT2D eigenvalue weighted by molar-refractivity contribution is -0.143. The van der Waals surface area contributed by atoms with Gasteiger partial charge in [0.1, 0.15) is 18.1 Å². The van der Waals surface area contributed by atoms with E-state index in [1.165, 1.54) is 13.8 Å². The molecule has 8 nitrogen and oxygen atoms in total. The molecule has 1 rings (SSSR count). The van der Waals surface area contributed by atoms with E-state index < -0.39 is 41.9 Å². The summed E-state index contributed by atoms with van der Waals surface area (Å²) in [5.41, 5.74) is -1.06. The number of carbonyl (C=O) groups is 4. The molecule has 0 aromatic rings. The van der Waals surface area contributed by atoms with Crippen LogP contribution < -0.4 is 10.6 Å². The predicted molar refractivity (Wildman–Crippen MR) is 73.3 cm³/mol. The molecule has 0 aromatic carbocycles. The number of rotatable bonds is 6. The van der Waals surface area contributed by atoms with Crippen LogP contribution in [0.3, 0.4) is 0 Å². The second-order valence-corrected chi connectivity index (χ2v) is 5.72. The Hall–Kier alpha value is -2.12. The number of carbonyl (C=O) groups excluding carboxylic acids is 3. The van der Waals surface area contributed by atoms with Gasteiger partial charge in [0.2, 0.25) is 5.91 Å². The number of imide groups is 1. The van der Waals surface area contributed by atoms with Crippen molar-refractivity contribution in [1.29, 1.82) is 0 Å². The second kappa shape index (κ2) is 6.11. The summed E-state index contributed by atoms with van der Waals surface area (Å²) in [5.74, 6) is -2.59. The first-order chi connectivity index (χ1) is 9.60. The maximum atomic E-state index is 11.9. The van der Waals surface area contributed by atoms with Crippen LogP contribution in [0.5, 0.6) is 0 Å². The maximum absolute atomic E-state index is 11.9. The first kappa shape index (κ1) is 16.9. The topological polar surface area (TPSA) is 116 Å². The Labute approximate surface area is 122 Å². The van der Waals surface area contributed by atoms with Crippen LogP contribution in [-0.4, -0.2) is 51.9 Å². The Morgan fingerprint density at radius 2 is 1.95 bits per heavy atom. The normalized spacial score (nSPS) is 19.9. The summed E-state index contributed by atoms with van der Waals surface area (Å²) in [6.07, 6.45) is 0.577. The Kier molecular flexibility index (Phi) is 4.93. The summed E-state index contributed by atoms with van der Waals surface area (Å²) < 4.78 is 0. The van der Waals surface area contributed by atoms with Crippen LogP contribution in [0.15, 0.2) is 0 Å². The van der Waals surface area contributed by atoms with Gasteiger partial charge in [-0.05, 0) is 19.8 Å². The van der Waals surface area contributed by atoms with Crippen molar-refractivity contribution >= 4 is 23.8 Å². The van der Waals surface area contributed by atoms with Crippen molar-refractivity contribution in [3.63, 3.8) is 0 Å². The van der Waals surface area contributed by atoms with Crippen LogP contribution in [-0.2, 0) is 14.4 Å². The van der Waals surface area contributed by atoms with Crippen LogP contribution >= 0.6 is 0 Å². The fourth-order valence-corrected chi connectivity index (χ4v) is 2.01. The molecule has 4 amide bonds. The van der Waals surface area contributed by atoms with Crippen LogP contribution in [0.2, 0.25) is 0 Å². The number of carboxylic acids is 1. The van der Waals surface area contributed by atoms with Crippen molar-refractivity contribution in [3.8, 4) is 0 Å². The fraction of sp³-hybridized carbons (Fsp3) is 0.692. The Balaban J connectivity index is 2.71. The lowest BCUT2D eigenvalue weighted by Gasteiger charge is -2.21. The first-order valence-electron chi connectivity index (χ1n) is 6.76. The van der Waals surface area contributed by atoms with Crippen LogP contribution in [0.1, 0.15) is 34.1 Å². The monoisotopic (exact) mass is 299 g/mol. The molecule has 0 aromatic heterocycles. The van der Waals surface area contributed by atoms with Gasteiger partial charge in [-0.2, -0.15) is 0 Å². The zero-order chi connectivity index (χ0) is 16.4. The van der Waals surface area contributed by atoms with Crippen LogP contribution in [0.4, 0.5) is 4.79 Å². The molecule has 0 bridgehead atoms. The molecule has 21 heavy (non-hydrogen) atoms. The highest BCUT2D eigenvalue weighted by Gasteiger charge is 2.45. The largest absolute Gasteiger partial charge is 0.480 e. The number of urea groups is 1. The van der Waals surface area contributed by atoms with Gasteiger partial charge in [-0.3, -0.25) is 14.5 Å². The van der Waals surface area contributed by atoms with Crippen molar-refractivity contribution in [3.05, 3.63) is 0 Å². The smallest absolute Gasteiger partial charge is 0.326 e. The van der Waals surface area contributed by atoms with E-state index in [1.54, 1.807) is 6.92 Å². The lowest BCUT2D eigenvalue weighted by atomic mass is 9.99. The number of amides is 4. The average molecular weight is 299 g/mol. The molecule has 8 heteroatoms. The highest BCUT2D eigenvalue weighted by molar-refractivity contribution is 6.08. The molecule has 2 atom stereocenters. The molecule has 0 spiro atoms. The minimum Gasteiger partial charge on any atom is -0.480 e. The third-order valence-corrected chi connectivity index (χ3v) is 3.54. The molecule has 1 saturated heterocycles. The summed E-state index contributed by atoms with van der Waals surface area (Å²) in [5, 5.41) is 13.9. The fourth-order valence-electron chi connectivity index (χ4n) is 2.01. The van der Waals surface area contributed by atoms with Crippen molar-refractivity contribution in [2.24, 2.45) is 5.92 Å². The zero-order valence-electron chi connectivity index (χ0n) is 12.6. The van der Waals surface area contributed by atoms with Gasteiger partial charge < -0.3 is 15.7 Å². The highest BCUT2D eigenvalue weighted by atomic mass is 16.4. The molecule has 0 aliphatic carbocycles. The molecule has 1 unspecified atom stereocenters. The first-order valence-corrected chi connectivity index (χ1v) is 6.76. The number of nitrogens with one attached hydrogen (secondary N) is 2. The quantitative estimate of drug-likeness (QED) is 0.594. The molecule has 1 heterocycles. The van der Waals surface area contributed by atoms with Crippen molar-refractivity contribution in [2.75, 3.05) is 6.54 Å². The van der Waals surface area contributed by atoms with E-state index in [1.807, 2.05) is 6.92 Å². The molecular formula is C13H21N3O5. The summed E-state index contributed by atoms with van der Waals surface area (Å²) >= 11 is 0. The van der Waals surface area contributed by atoms with E-state index in [2.05, 4.69) is 10.6 Å². The van der Waals surface area contributed by atoms with Crippen molar-refractivity contribution < 1.29 is 24.3 Å². The van der Waals surface area contributed by atoms with Gasteiger partial charge in [0, 0.05) is 0 Å². The number of hydrogen-bond donors (Lipinski definition) is 3. The Bertz CT molecular complexity index is 474. The van der Waals surface area contributed by atoms with E-state index >= 15 is 0 Å². The molecule has 118 valence electrons. The van der Waals surface area contributed by atoms with Crippen molar-refractivity contribution in [1.82, 2.24) is 15.5 Å². The maximum Gasteiger partial charge on any atom is 0.326 e. The summed E-state index contributed by atoms with van der Waals surface area (Å²) in [6.45, 7) is 6.09. The molecular weight excluding hydrogens is 278 g/mol.